The van der Waals surface area contributed by atoms with E-state index in [9.17, 15) is 0 Å². The molecule has 0 heterocycles. The van der Waals surface area contributed by atoms with Crippen molar-refractivity contribution in [3.05, 3.63) is 133 Å². The van der Waals surface area contributed by atoms with Gasteiger partial charge in [-0.2, -0.15) is 0 Å². The summed E-state index contributed by atoms with van der Waals surface area (Å²) in [5.41, 5.74) is 1.25. The Morgan fingerprint density at radius 1 is 0.545 bits per heavy atom. The van der Waals surface area contributed by atoms with E-state index >= 15 is 0 Å². The molecule has 0 aromatic heterocycles. The Hall–Kier alpha value is -2.93. The molecular weight excluding hydrogens is 487 g/mol. The highest BCUT2D eigenvalue weighted by Gasteiger charge is 2.46. The predicted octanol–water partition coefficient (Wildman–Crippen LogP) is 3.35. The Morgan fingerprint density at radius 2 is 0.939 bits per heavy atom. The van der Waals surface area contributed by atoms with Gasteiger partial charge in [-0.25, -0.2) is 0 Å². The Morgan fingerprint density at radius 3 is 1.36 bits per heavy atom. The molecule has 0 atom stereocenters. The zero-order valence-electron chi connectivity index (χ0n) is 18.6. The predicted molar refractivity (Wildman–Crippen MR) is 139 cm³/mol. The van der Waals surface area contributed by atoms with Crippen LogP contribution < -0.4 is 37.6 Å². The summed E-state index contributed by atoms with van der Waals surface area (Å²) in [6.45, 7) is 0. The molecule has 3 heteroatoms. The van der Waals surface area contributed by atoms with E-state index in [1.165, 1.54) is 32.2 Å². The lowest BCUT2D eigenvalue weighted by atomic mass is 10.1. The molecule has 5 aromatic rings. The molecule has 5 rings (SSSR count). The van der Waals surface area contributed by atoms with E-state index in [2.05, 4.69) is 127 Å². The van der Waals surface area contributed by atoms with Gasteiger partial charge in [0.1, 0.15) is 35.1 Å². The number of benzene rings is 5. The molecule has 164 valence electrons. The fraction of sp³-hybridized carbons (Fsp3) is 0.0667. The highest BCUT2D eigenvalue weighted by atomic mass is 79.9. The van der Waals surface area contributed by atoms with Gasteiger partial charge in [-0.15, -0.1) is 0 Å². The number of methoxy groups -OCH3 is 1. The minimum atomic E-state index is -1.97. The first-order valence-electron chi connectivity index (χ1n) is 10.9. The highest BCUT2D eigenvalue weighted by Crippen LogP contribution is 2.59. The van der Waals surface area contributed by atoms with Crippen LogP contribution in [0.3, 0.4) is 0 Å². The maximum absolute atomic E-state index is 5.92. The minimum absolute atomic E-state index is 0. The van der Waals surface area contributed by atoms with Gasteiger partial charge in [0.2, 0.25) is 0 Å². The Bertz CT molecular complexity index is 1220. The summed E-state index contributed by atoms with van der Waals surface area (Å²) in [5.74, 6) is 0.955. The topological polar surface area (TPSA) is 9.23 Å². The van der Waals surface area contributed by atoms with E-state index in [1.807, 2.05) is 0 Å². The van der Waals surface area contributed by atoms with E-state index < -0.39 is 7.26 Å². The summed E-state index contributed by atoms with van der Waals surface area (Å²) in [6.07, 6.45) is 0.902. The summed E-state index contributed by atoms with van der Waals surface area (Å²) in [4.78, 5) is 0. The Kier molecular flexibility index (Phi) is 7.28. The van der Waals surface area contributed by atoms with Crippen molar-refractivity contribution >= 4 is 33.9 Å². The van der Waals surface area contributed by atoms with Crippen molar-refractivity contribution in [1.82, 2.24) is 0 Å². The largest absolute Gasteiger partial charge is 1.00 e. The van der Waals surface area contributed by atoms with Gasteiger partial charge in [-0.1, -0.05) is 78.9 Å². The van der Waals surface area contributed by atoms with Crippen LogP contribution in [0.1, 0.15) is 5.56 Å². The molecule has 0 fully saturated rings. The summed E-state index contributed by atoms with van der Waals surface area (Å²) in [5, 5.41) is 6.60. The normalized spacial score (nSPS) is 11.1. The molecule has 33 heavy (non-hydrogen) atoms. The van der Waals surface area contributed by atoms with Crippen molar-refractivity contribution in [1.29, 1.82) is 0 Å². The molecule has 1 nitrogen and oxygen atoms in total. The first-order valence-corrected chi connectivity index (χ1v) is 12.9. The van der Waals surface area contributed by atoms with Crippen LogP contribution in [-0.2, 0) is 6.16 Å². The van der Waals surface area contributed by atoms with Gasteiger partial charge < -0.3 is 21.7 Å². The van der Waals surface area contributed by atoms with Crippen molar-refractivity contribution in [2.45, 2.75) is 6.16 Å². The van der Waals surface area contributed by atoms with Crippen molar-refractivity contribution in [3.8, 4) is 5.75 Å². The van der Waals surface area contributed by atoms with Crippen molar-refractivity contribution in [2.75, 3.05) is 7.11 Å². The van der Waals surface area contributed by atoms with Crippen molar-refractivity contribution in [3.63, 3.8) is 0 Å². The second kappa shape index (κ2) is 10.3. The first-order chi connectivity index (χ1) is 15.8. The molecule has 0 saturated heterocycles. The molecule has 0 radical (unpaired) electrons. The van der Waals surface area contributed by atoms with Gasteiger partial charge >= 0.3 is 0 Å². The van der Waals surface area contributed by atoms with Gasteiger partial charge in [0.25, 0.3) is 0 Å². The molecule has 0 aliphatic carbocycles. The molecule has 0 aliphatic heterocycles. The van der Waals surface area contributed by atoms with E-state index in [0.29, 0.717) is 0 Å². The van der Waals surface area contributed by atoms with E-state index in [-0.39, 0.29) is 17.0 Å². The molecule has 0 spiro atoms. The van der Waals surface area contributed by atoms with E-state index in [0.717, 1.165) is 11.9 Å². The Labute approximate surface area is 207 Å². The zero-order chi connectivity index (χ0) is 21.8. The average Bonchev–Trinajstić information content (AvgIpc) is 2.88. The zero-order valence-corrected chi connectivity index (χ0v) is 21.0. The quantitative estimate of drug-likeness (QED) is 0.317. The number of halogens is 1. The molecule has 0 saturated carbocycles. The molecule has 0 bridgehead atoms. The molecule has 5 aromatic carbocycles. The van der Waals surface area contributed by atoms with Crippen LogP contribution >= 0.6 is 7.26 Å². The SMILES string of the molecule is COc1cc2ccccc2cc1C[P+](c1ccccc1)(c1ccccc1)c1ccccc1.[Br-]. The highest BCUT2D eigenvalue weighted by molar-refractivity contribution is 7.95. The summed E-state index contributed by atoms with van der Waals surface area (Å²) < 4.78 is 5.92. The van der Waals surface area contributed by atoms with Crippen LogP contribution in [0.25, 0.3) is 10.8 Å². The summed E-state index contributed by atoms with van der Waals surface area (Å²) in [7, 11) is -0.194. The molecule has 0 unspecified atom stereocenters. The fourth-order valence-corrected chi connectivity index (χ4v) is 8.85. The first kappa shape index (κ1) is 23.2. The van der Waals surface area contributed by atoms with Crippen molar-refractivity contribution in [2.24, 2.45) is 0 Å². The van der Waals surface area contributed by atoms with E-state index in [1.54, 1.807) is 7.11 Å². The second-order valence-corrected chi connectivity index (χ2v) is 11.5. The maximum Gasteiger partial charge on any atom is 0.126 e. The summed E-state index contributed by atoms with van der Waals surface area (Å²) >= 11 is 0. The van der Waals surface area contributed by atoms with Gasteiger partial charge in [-0.05, 0) is 59.3 Å². The molecular formula is C30H26BrOP. The average molecular weight is 513 g/mol. The summed E-state index contributed by atoms with van der Waals surface area (Å²) in [6, 6.07) is 46.0. The number of fused-ring (bicyclic) bond motifs is 1. The van der Waals surface area contributed by atoms with Gasteiger partial charge in [0.15, 0.2) is 0 Å². The number of ether oxygens (including phenoxy) is 1. The van der Waals surface area contributed by atoms with Crippen LogP contribution in [0, 0.1) is 0 Å². The molecule has 0 N–H and O–H groups in total. The molecule has 0 amide bonds. The third-order valence-electron chi connectivity index (χ3n) is 6.15. The van der Waals surface area contributed by atoms with Crippen LogP contribution in [0.2, 0.25) is 0 Å². The number of hydrogen-bond donors (Lipinski definition) is 0. The Balaban J connectivity index is 0.00000259. The van der Waals surface area contributed by atoms with Crippen LogP contribution in [-0.4, -0.2) is 7.11 Å². The third-order valence-corrected chi connectivity index (χ3v) is 10.5. The van der Waals surface area contributed by atoms with Crippen LogP contribution in [0.4, 0.5) is 0 Å². The molecule has 0 aliphatic rings. The monoisotopic (exact) mass is 512 g/mol. The van der Waals surface area contributed by atoms with Gasteiger partial charge in [0, 0.05) is 5.56 Å². The lowest BCUT2D eigenvalue weighted by Gasteiger charge is -2.28. The van der Waals surface area contributed by atoms with Gasteiger partial charge in [-0.3, -0.25) is 0 Å². The smallest absolute Gasteiger partial charge is 0.126 e. The van der Waals surface area contributed by atoms with E-state index in [4.69, 9.17) is 4.74 Å². The standard InChI is InChI=1S/C30H26OP.BrH/c1-31-30-22-25-14-12-11-13-24(25)21-26(30)23-32(27-15-5-2-6-16-27,28-17-7-3-8-18-28)29-19-9-4-10-20-29;/h2-22H,23H2,1H3;1H/q+1;/p-1. The lowest BCUT2D eigenvalue weighted by Crippen LogP contribution is -3.00. The van der Waals surface area contributed by atoms with Crippen LogP contribution in [0.5, 0.6) is 5.75 Å². The van der Waals surface area contributed by atoms with Crippen molar-refractivity contribution < 1.29 is 21.7 Å². The lowest BCUT2D eigenvalue weighted by molar-refractivity contribution is -0.00000644. The fourth-order valence-electron chi connectivity index (χ4n) is 4.60. The maximum atomic E-state index is 5.92. The second-order valence-electron chi connectivity index (χ2n) is 7.99. The van der Waals surface area contributed by atoms with Crippen LogP contribution in [0.15, 0.2) is 127 Å². The third kappa shape index (κ3) is 4.47. The number of hydrogen-bond acceptors (Lipinski definition) is 1. The van der Waals surface area contributed by atoms with Gasteiger partial charge in [0.05, 0.1) is 7.11 Å². The minimum Gasteiger partial charge on any atom is -1.00 e. The number of rotatable bonds is 6.